The highest BCUT2D eigenvalue weighted by atomic mass is 19.1. The van der Waals surface area contributed by atoms with Gasteiger partial charge in [-0.25, -0.2) is 8.78 Å². The van der Waals surface area contributed by atoms with Crippen LogP contribution in [0.15, 0.2) is 29.3 Å². The molecule has 0 unspecified atom stereocenters. The summed E-state index contributed by atoms with van der Waals surface area (Å²) in [6, 6.07) is 3.64. The number of rotatable bonds is 3. The van der Waals surface area contributed by atoms with E-state index in [1.165, 1.54) is 31.4 Å². The van der Waals surface area contributed by atoms with Crippen LogP contribution in [0.1, 0.15) is 38.7 Å². The molecule has 0 radical (unpaired) electrons. The Kier molecular flexibility index (Phi) is 4.37. The SMILES string of the molecule is CC(C)(NC1=NCCNC(c2ccc(F)cc2F)=C1)C1CCC1. The lowest BCUT2D eigenvalue weighted by Gasteiger charge is -2.41. The molecule has 0 saturated heterocycles. The number of hydrogen-bond donors (Lipinski definition) is 2. The molecule has 1 aliphatic carbocycles. The van der Waals surface area contributed by atoms with Crippen LogP contribution in [-0.4, -0.2) is 24.5 Å². The molecule has 1 aliphatic heterocycles. The second-order valence-corrected chi connectivity index (χ2v) is 6.85. The van der Waals surface area contributed by atoms with Gasteiger partial charge in [0.1, 0.15) is 17.5 Å². The maximum Gasteiger partial charge on any atom is 0.135 e. The zero-order valence-corrected chi connectivity index (χ0v) is 13.6. The minimum Gasteiger partial charge on any atom is -0.383 e. The summed E-state index contributed by atoms with van der Waals surface area (Å²) in [5, 5.41) is 6.68. The molecule has 0 atom stereocenters. The molecular formula is C18H23F2N3. The fraction of sp³-hybridized carbons (Fsp3) is 0.500. The van der Waals surface area contributed by atoms with Crippen molar-refractivity contribution >= 4 is 11.5 Å². The smallest absolute Gasteiger partial charge is 0.135 e. The average Bonchev–Trinajstić information content (AvgIpc) is 2.60. The zero-order valence-electron chi connectivity index (χ0n) is 13.6. The highest BCUT2D eigenvalue weighted by Crippen LogP contribution is 2.35. The van der Waals surface area contributed by atoms with Crippen LogP contribution in [0.3, 0.4) is 0 Å². The number of benzene rings is 1. The van der Waals surface area contributed by atoms with Gasteiger partial charge in [-0.15, -0.1) is 0 Å². The Hall–Kier alpha value is -1.91. The number of nitrogens with one attached hydrogen (secondary N) is 2. The summed E-state index contributed by atoms with van der Waals surface area (Å²) >= 11 is 0. The van der Waals surface area contributed by atoms with E-state index in [1.54, 1.807) is 0 Å². The van der Waals surface area contributed by atoms with Crippen molar-refractivity contribution in [2.75, 3.05) is 13.1 Å². The van der Waals surface area contributed by atoms with Crippen LogP contribution in [-0.2, 0) is 0 Å². The first-order valence-electron chi connectivity index (χ1n) is 8.19. The monoisotopic (exact) mass is 319 g/mol. The molecule has 2 N–H and O–H groups in total. The topological polar surface area (TPSA) is 36.4 Å². The minimum atomic E-state index is -0.571. The molecule has 3 nitrogen and oxygen atoms in total. The molecule has 1 saturated carbocycles. The summed E-state index contributed by atoms with van der Waals surface area (Å²) in [6.07, 6.45) is 5.57. The number of aliphatic imine (C=N–C) groups is 1. The lowest BCUT2D eigenvalue weighted by atomic mass is 9.72. The fourth-order valence-corrected chi connectivity index (χ4v) is 3.12. The van der Waals surface area contributed by atoms with E-state index in [9.17, 15) is 8.78 Å². The Balaban J connectivity index is 1.83. The van der Waals surface area contributed by atoms with Gasteiger partial charge in [-0.3, -0.25) is 4.99 Å². The highest BCUT2D eigenvalue weighted by Gasteiger charge is 2.34. The van der Waals surface area contributed by atoms with Crippen LogP contribution in [0.2, 0.25) is 0 Å². The van der Waals surface area contributed by atoms with Gasteiger partial charge >= 0.3 is 0 Å². The molecule has 1 heterocycles. The van der Waals surface area contributed by atoms with Crippen molar-refractivity contribution in [2.45, 2.75) is 38.6 Å². The largest absolute Gasteiger partial charge is 0.383 e. The van der Waals surface area contributed by atoms with E-state index < -0.39 is 11.6 Å². The third-order valence-electron chi connectivity index (χ3n) is 4.79. The van der Waals surface area contributed by atoms with Gasteiger partial charge in [0, 0.05) is 35.5 Å². The second kappa shape index (κ2) is 6.30. The molecule has 124 valence electrons. The second-order valence-electron chi connectivity index (χ2n) is 6.85. The predicted molar refractivity (Wildman–Crippen MR) is 89.2 cm³/mol. The third kappa shape index (κ3) is 3.54. The van der Waals surface area contributed by atoms with Gasteiger partial charge in [0.05, 0.1) is 6.54 Å². The Labute approximate surface area is 135 Å². The highest BCUT2D eigenvalue weighted by molar-refractivity contribution is 5.99. The van der Waals surface area contributed by atoms with E-state index in [1.807, 2.05) is 6.08 Å². The molecule has 0 amide bonds. The molecule has 0 bridgehead atoms. The maximum absolute atomic E-state index is 14.0. The van der Waals surface area contributed by atoms with Crippen LogP contribution >= 0.6 is 0 Å². The van der Waals surface area contributed by atoms with Crippen molar-refractivity contribution in [3.8, 4) is 0 Å². The third-order valence-corrected chi connectivity index (χ3v) is 4.79. The van der Waals surface area contributed by atoms with Crippen LogP contribution in [0.4, 0.5) is 8.78 Å². The van der Waals surface area contributed by atoms with Crippen molar-refractivity contribution in [1.82, 2.24) is 10.6 Å². The Morgan fingerprint density at radius 2 is 2.04 bits per heavy atom. The minimum absolute atomic E-state index is 0.0373. The molecule has 1 aromatic rings. The quantitative estimate of drug-likeness (QED) is 0.895. The lowest BCUT2D eigenvalue weighted by molar-refractivity contribution is 0.179. The number of halogens is 2. The van der Waals surface area contributed by atoms with Gasteiger partial charge in [-0.05, 0) is 44.7 Å². The molecular weight excluding hydrogens is 296 g/mol. The zero-order chi connectivity index (χ0) is 16.4. The normalized spacial score (nSPS) is 19.1. The summed E-state index contributed by atoms with van der Waals surface area (Å²) < 4.78 is 27.2. The van der Waals surface area contributed by atoms with E-state index in [0.29, 0.717) is 30.3 Å². The molecule has 23 heavy (non-hydrogen) atoms. The molecule has 5 heteroatoms. The van der Waals surface area contributed by atoms with Crippen molar-refractivity contribution in [2.24, 2.45) is 10.9 Å². The van der Waals surface area contributed by atoms with Crippen molar-refractivity contribution in [3.63, 3.8) is 0 Å². The van der Waals surface area contributed by atoms with Gasteiger partial charge in [0.2, 0.25) is 0 Å². The number of nitrogens with zero attached hydrogens (tertiary/aromatic N) is 1. The fourth-order valence-electron chi connectivity index (χ4n) is 3.12. The first-order chi connectivity index (χ1) is 11.0. The molecule has 0 spiro atoms. The number of hydrogen-bond acceptors (Lipinski definition) is 3. The molecule has 2 aliphatic rings. The van der Waals surface area contributed by atoms with E-state index in [0.717, 1.165) is 11.9 Å². The molecule has 0 aromatic heterocycles. The first kappa shape index (κ1) is 16.0. The summed E-state index contributed by atoms with van der Waals surface area (Å²) in [5.41, 5.74) is 0.963. The summed E-state index contributed by atoms with van der Waals surface area (Å²) in [6.45, 7) is 5.61. The van der Waals surface area contributed by atoms with E-state index in [2.05, 4.69) is 29.5 Å². The van der Waals surface area contributed by atoms with Crippen molar-refractivity contribution < 1.29 is 8.78 Å². The van der Waals surface area contributed by atoms with Crippen LogP contribution in [0.25, 0.3) is 5.70 Å². The lowest BCUT2D eigenvalue weighted by Crippen LogP contribution is -2.51. The summed E-state index contributed by atoms with van der Waals surface area (Å²) in [5.74, 6) is 0.258. The molecule has 1 fully saturated rings. The van der Waals surface area contributed by atoms with Crippen molar-refractivity contribution in [3.05, 3.63) is 41.5 Å². The Morgan fingerprint density at radius 1 is 1.26 bits per heavy atom. The van der Waals surface area contributed by atoms with E-state index in [-0.39, 0.29) is 5.54 Å². The van der Waals surface area contributed by atoms with Crippen LogP contribution in [0, 0.1) is 17.6 Å². The van der Waals surface area contributed by atoms with E-state index in [4.69, 9.17) is 0 Å². The Morgan fingerprint density at radius 3 is 2.70 bits per heavy atom. The van der Waals surface area contributed by atoms with Gasteiger partial charge in [0.15, 0.2) is 0 Å². The Bertz CT molecular complexity index is 646. The summed E-state index contributed by atoms with van der Waals surface area (Å²) in [4.78, 5) is 4.54. The van der Waals surface area contributed by atoms with Gasteiger partial charge < -0.3 is 10.6 Å². The standard InChI is InChI=1S/C18H23F2N3/c1-18(2,12-4-3-5-12)23-17-11-16(21-8-9-22-17)14-7-6-13(19)10-15(14)20/h6-7,10-12,21H,3-5,8-9H2,1-2H3,(H,22,23). The number of amidine groups is 1. The van der Waals surface area contributed by atoms with Crippen LogP contribution in [0.5, 0.6) is 0 Å². The van der Waals surface area contributed by atoms with Gasteiger partial charge in [-0.2, -0.15) is 0 Å². The first-order valence-corrected chi connectivity index (χ1v) is 8.19. The van der Waals surface area contributed by atoms with Crippen LogP contribution < -0.4 is 10.6 Å². The molecule has 3 rings (SSSR count). The summed E-state index contributed by atoms with van der Waals surface area (Å²) in [7, 11) is 0. The van der Waals surface area contributed by atoms with Gasteiger partial charge in [-0.1, -0.05) is 6.42 Å². The average molecular weight is 319 g/mol. The predicted octanol–water partition coefficient (Wildman–Crippen LogP) is 3.48. The molecule has 1 aromatic carbocycles. The van der Waals surface area contributed by atoms with Crippen molar-refractivity contribution in [1.29, 1.82) is 0 Å². The maximum atomic E-state index is 14.0. The van der Waals surface area contributed by atoms with Gasteiger partial charge in [0.25, 0.3) is 0 Å². The van der Waals surface area contributed by atoms with E-state index >= 15 is 0 Å².